The molecule has 1 aromatic carbocycles. The number of nitrogens with one attached hydrogen (secondary N) is 1. The molecule has 0 aliphatic carbocycles. The largest absolute Gasteiger partial charge is 0.271 e. The molecule has 0 aromatic heterocycles. The molecule has 18 heavy (non-hydrogen) atoms. The first-order valence-corrected chi connectivity index (χ1v) is 7.62. The molecule has 1 rings (SSSR count). The maximum absolute atomic E-state index is 5.70. The SMILES string of the molecule is CCCCCCC(NN)c1cc(C)c(Br)c(C)c1. The summed E-state index contributed by atoms with van der Waals surface area (Å²) in [6, 6.07) is 4.72. The second kappa shape index (κ2) is 7.93. The van der Waals surface area contributed by atoms with Crippen molar-refractivity contribution in [1.29, 1.82) is 0 Å². The Morgan fingerprint density at radius 3 is 2.28 bits per heavy atom. The first-order chi connectivity index (χ1) is 8.60. The van der Waals surface area contributed by atoms with E-state index < -0.39 is 0 Å². The van der Waals surface area contributed by atoms with Crippen LogP contribution in [0.15, 0.2) is 16.6 Å². The van der Waals surface area contributed by atoms with Crippen LogP contribution >= 0.6 is 15.9 Å². The molecule has 0 saturated heterocycles. The first kappa shape index (κ1) is 15.7. The Morgan fingerprint density at radius 2 is 1.78 bits per heavy atom. The van der Waals surface area contributed by atoms with Crippen LogP contribution in [0, 0.1) is 13.8 Å². The van der Waals surface area contributed by atoms with Crippen LogP contribution in [0.2, 0.25) is 0 Å². The van der Waals surface area contributed by atoms with Gasteiger partial charge in [-0.15, -0.1) is 0 Å². The summed E-state index contributed by atoms with van der Waals surface area (Å²) in [7, 11) is 0. The van der Waals surface area contributed by atoms with E-state index in [-0.39, 0.29) is 6.04 Å². The van der Waals surface area contributed by atoms with E-state index in [0.717, 1.165) is 6.42 Å². The highest BCUT2D eigenvalue weighted by Crippen LogP contribution is 2.27. The predicted molar refractivity (Wildman–Crippen MR) is 82.4 cm³/mol. The predicted octanol–water partition coefficient (Wildman–Crippen LogP) is 4.54. The second-order valence-electron chi connectivity index (χ2n) is 5.04. The minimum atomic E-state index is 0.271. The highest BCUT2D eigenvalue weighted by Gasteiger charge is 2.11. The number of hydrogen-bond acceptors (Lipinski definition) is 2. The van der Waals surface area contributed by atoms with Crippen molar-refractivity contribution in [3.63, 3.8) is 0 Å². The highest BCUT2D eigenvalue weighted by atomic mass is 79.9. The molecule has 0 aliphatic rings. The van der Waals surface area contributed by atoms with Gasteiger partial charge in [0.1, 0.15) is 0 Å². The summed E-state index contributed by atoms with van der Waals surface area (Å²) >= 11 is 3.61. The van der Waals surface area contributed by atoms with Crippen LogP contribution in [0.3, 0.4) is 0 Å². The van der Waals surface area contributed by atoms with Gasteiger partial charge >= 0.3 is 0 Å². The number of halogens is 1. The molecule has 0 bridgehead atoms. The van der Waals surface area contributed by atoms with Crippen molar-refractivity contribution in [3.05, 3.63) is 33.3 Å². The Morgan fingerprint density at radius 1 is 1.17 bits per heavy atom. The zero-order chi connectivity index (χ0) is 13.5. The third-order valence-corrected chi connectivity index (χ3v) is 4.66. The van der Waals surface area contributed by atoms with Crippen molar-refractivity contribution in [1.82, 2.24) is 5.43 Å². The Labute approximate surface area is 119 Å². The molecule has 0 amide bonds. The number of hydrazine groups is 1. The van der Waals surface area contributed by atoms with Gasteiger partial charge in [0, 0.05) is 10.5 Å². The number of nitrogens with two attached hydrogens (primary N) is 1. The van der Waals surface area contributed by atoms with Gasteiger partial charge in [0.25, 0.3) is 0 Å². The fourth-order valence-electron chi connectivity index (χ4n) is 2.30. The van der Waals surface area contributed by atoms with E-state index in [9.17, 15) is 0 Å². The lowest BCUT2D eigenvalue weighted by molar-refractivity contribution is 0.481. The molecular formula is C15H25BrN2. The number of unbranched alkanes of at least 4 members (excludes halogenated alkanes) is 3. The van der Waals surface area contributed by atoms with E-state index in [1.807, 2.05) is 0 Å². The maximum atomic E-state index is 5.70. The monoisotopic (exact) mass is 312 g/mol. The smallest absolute Gasteiger partial charge is 0.0460 e. The summed E-state index contributed by atoms with van der Waals surface area (Å²) in [6.45, 7) is 6.50. The molecule has 3 N–H and O–H groups in total. The fourth-order valence-corrected chi connectivity index (χ4v) is 2.53. The lowest BCUT2D eigenvalue weighted by Crippen LogP contribution is -2.28. The molecule has 0 aliphatic heterocycles. The van der Waals surface area contributed by atoms with E-state index in [1.54, 1.807) is 0 Å². The second-order valence-corrected chi connectivity index (χ2v) is 5.83. The third kappa shape index (κ3) is 4.38. The van der Waals surface area contributed by atoms with Gasteiger partial charge in [0.15, 0.2) is 0 Å². The molecule has 1 unspecified atom stereocenters. The van der Waals surface area contributed by atoms with Gasteiger partial charge in [0.2, 0.25) is 0 Å². The Bertz CT molecular complexity index is 354. The molecule has 0 radical (unpaired) electrons. The number of rotatable bonds is 7. The molecule has 0 fully saturated rings. The van der Waals surface area contributed by atoms with Crippen LogP contribution in [-0.4, -0.2) is 0 Å². The van der Waals surface area contributed by atoms with Crippen molar-refractivity contribution < 1.29 is 0 Å². The zero-order valence-electron chi connectivity index (χ0n) is 11.7. The van der Waals surface area contributed by atoms with Crippen LogP contribution in [0.25, 0.3) is 0 Å². The van der Waals surface area contributed by atoms with Crippen molar-refractivity contribution >= 4 is 15.9 Å². The van der Waals surface area contributed by atoms with Crippen LogP contribution in [0.1, 0.15) is 61.8 Å². The lowest BCUT2D eigenvalue weighted by atomic mass is 9.97. The number of aryl methyl sites for hydroxylation is 2. The Kier molecular flexibility index (Phi) is 6.90. The zero-order valence-corrected chi connectivity index (χ0v) is 13.3. The maximum Gasteiger partial charge on any atom is 0.0460 e. The van der Waals surface area contributed by atoms with Crippen molar-refractivity contribution in [2.75, 3.05) is 0 Å². The summed E-state index contributed by atoms with van der Waals surface area (Å²) < 4.78 is 1.20. The van der Waals surface area contributed by atoms with Crippen molar-refractivity contribution in [2.45, 2.75) is 58.9 Å². The molecule has 1 aromatic rings. The topological polar surface area (TPSA) is 38.0 Å². The molecule has 2 nitrogen and oxygen atoms in total. The average Bonchev–Trinajstić information content (AvgIpc) is 2.35. The van der Waals surface area contributed by atoms with Gasteiger partial charge in [-0.25, -0.2) is 0 Å². The molecule has 0 saturated carbocycles. The van der Waals surface area contributed by atoms with Crippen LogP contribution < -0.4 is 11.3 Å². The minimum Gasteiger partial charge on any atom is -0.271 e. The molecule has 0 spiro atoms. The highest BCUT2D eigenvalue weighted by molar-refractivity contribution is 9.10. The normalized spacial score (nSPS) is 12.7. The number of benzene rings is 1. The van der Waals surface area contributed by atoms with E-state index in [0.29, 0.717) is 0 Å². The van der Waals surface area contributed by atoms with E-state index in [1.165, 1.54) is 46.8 Å². The number of hydrogen-bond donors (Lipinski definition) is 2. The summed E-state index contributed by atoms with van der Waals surface area (Å²) in [5.74, 6) is 5.70. The van der Waals surface area contributed by atoms with E-state index in [2.05, 4.69) is 54.3 Å². The van der Waals surface area contributed by atoms with E-state index >= 15 is 0 Å². The third-order valence-electron chi connectivity index (χ3n) is 3.41. The fraction of sp³-hybridized carbons (Fsp3) is 0.600. The van der Waals surface area contributed by atoms with Gasteiger partial charge < -0.3 is 0 Å². The summed E-state index contributed by atoms with van der Waals surface area (Å²) in [6.07, 6.45) is 6.23. The van der Waals surface area contributed by atoms with Crippen molar-refractivity contribution in [3.8, 4) is 0 Å². The average molecular weight is 313 g/mol. The summed E-state index contributed by atoms with van der Waals surface area (Å²) in [4.78, 5) is 0. The summed E-state index contributed by atoms with van der Waals surface area (Å²) in [5, 5.41) is 0. The Balaban J connectivity index is 2.70. The van der Waals surface area contributed by atoms with Gasteiger partial charge in [-0.05, 0) is 37.0 Å². The van der Waals surface area contributed by atoms with Crippen LogP contribution in [0.5, 0.6) is 0 Å². The Hall–Kier alpha value is -0.380. The molecule has 102 valence electrons. The van der Waals surface area contributed by atoms with Crippen LogP contribution in [0.4, 0.5) is 0 Å². The van der Waals surface area contributed by atoms with Gasteiger partial charge in [-0.1, -0.05) is 60.7 Å². The van der Waals surface area contributed by atoms with Gasteiger partial charge in [0.05, 0.1) is 0 Å². The minimum absolute atomic E-state index is 0.271. The molecule has 0 heterocycles. The molecule has 3 heteroatoms. The summed E-state index contributed by atoms with van der Waals surface area (Å²) in [5.41, 5.74) is 6.81. The van der Waals surface area contributed by atoms with Crippen molar-refractivity contribution in [2.24, 2.45) is 5.84 Å². The quantitative estimate of drug-likeness (QED) is 0.440. The van der Waals surface area contributed by atoms with Gasteiger partial charge in [-0.2, -0.15) is 0 Å². The van der Waals surface area contributed by atoms with E-state index in [4.69, 9.17) is 5.84 Å². The standard InChI is InChI=1S/C15H25BrN2/c1-4-5-6-7-8-14(18-17)13-9-11(2)15(16)12(3)10-13/h9-10,14,18H,4-8,17H2,1-3H3. The lowest BCUT2D eigenvalue weighted by Gasteiger charge is -2.18. The van der Waals surface area contributed by atoms with Crippen LogP contribution in [-0.2, 0) is 0 Å². The molecular weight excluding hydrogens is 288 g/mol. The van der Waals surface area contributed by atoms with Gasteiger partial charge in [-0.3, -0.25) is 11.3 Å². The molecule has 1 atom stereocenters. The first-order valence-electron chi connectivity index (χ1n) is 6.83.